The van der Waals surface area contributed by atoms with Crippen LogP contribution >= 0.6 is 0 Å². The summed E-state index contributed by atoms with van der Waals surface area (Å²) in [6.07, 6.45) is -3.33. The van der Waals surface area contributed by atoms with Gasteiger partial charge in [0.25, 0.3) is 0 Å². The quantitative estimate of drug-likeness (QED) is 0.265. The van der Waals surface area contributed by atoms with Gasteiger partial charge < -0.3 is 14.7 Å². The third-order valence-electron chi connectivity index (χ3n) is 3.96. The molecule has 0 saturated carbocycles. The molecule has 2 aromatic heterocycles. The Bertz CT molecular complexity index is 1120. The number of ether oxygens (including phenoxy) is 2. The van der Waals surface area contributed by atoms with Crippen molar-refractivity contribution in [3.63, 3.8) is 0 Å². The highest BCUT2D eigenvalue weighted by molar-refractivity contribution is 5.70. The highest BCUT2D eigenvalue weighted by Crippen LogP contribution is 2.40. The Morgan fingerprint density at radius 3 is 2.43 bits per heavy atom. The van der Waals surface area contributed by atoms with Gasteiger partial charge in [0.05, 0.1) is 24.7 Å². The minimum atomic E-state index is -4.97. The SMILES string of the molecule is COc1cc(-c2ncnc(-c3ccc[n+]([O-])c3C(F)(F)F)n2)cc([N+](=O)[O-])c1OC. The fourth-order valence-electron chi connectivity index (χ4n) is 2.72. The van der Waals surface area contributed by atoms with Gasteiger partial charge in [0.15, 0.2) is 23.6 Å². The minimum Gasteiger partial charge on any atom is -0.618 e. The van der Waals surface area contributed by atoms with Crippen molar-refractivity contribution in [1.82, 2.24) is 15.0 Å². The zero-order chi connectivity index (χ0) is 22.1. The number of nitro groups is 1. The van der Waals surface area contributed by atoms with E-state index < -0.39 is 33.9 Å². The molecule has 0 aliphatic carbocycles. The third kappa shape index (κ3) is 3.76. The number of benzene rings is 1. The highest BCUT2D eigenvalue weighted by Gasteiger charge is 2.43. The first-order valence-electron chi connectivity index (χ1n) is 8.07. The summed E-state index contributed by atoms with van der Waals surface area (Å²) >= 11 is 0. The van der Waals surface area contributed by atoms with E-state index in [4.69, 9.17) is 9.47 Å². The minimum absolute atomic E-state index is 0.00301. The molecule has 0 saturated heterocycles. The van der Waals surface area contributed by atoms with Crippen molar-refractivity contribution in [2.75, 3.05) is 14.2 Å². The number of methoxy groups -OCH3 is 2. The predicted molar refractivity (Wildman–Crippen MR) is 94.4 cm³/mol. The molecule has 0 amide bonds. The molecule has 0 spiro atoms. The van der Waals surface area contributed by atoms with Crippen LogP contribution in [0.2, 0.25) is 0 Å². The highest BCUT2D eigenvalue weighted by atomic mass is 19.4. The Balaban J connectivity index is 2.20. The van der Waals surface area contributed by atoms with Crippen LogP contribution in [-0.2, 0) is 6.18 Å². The molecule has 0 fully saturated rings. The molecule has 3 aromatic rings. The van der Waals surface area contributed by atoms with Crippen molar-refractivity contribution in [1.29, 1.82) is 0 Å². The number of alkyl halides is 3. The first-order valence-corrected chi connectivity index (χ1v) is 8.07. The van der Waals surface area contributed by atoms with E-state index in [1.807, 2.05) is 0 Å². The van der Waals surface area contributed by atoms with Crippen LogP contribution < -0.4 is 14.2 Å². The first-order chi connectivity index (χ1) is 14.2. The van der Waals surface area contributed by atoms with Gasteiger partial charge in [0.2, 0.25) is 5.75 Å². The third-order valence-corrected chi connectivity index (χ3v) is 3.96. The molecular weight excluding hydrogens is 411 g/mol. The molecule has 0 N–H and O–H groups in total. The van der Waals surface area contributed by atoms with Gasteiger partial charge in [-0.3, -0.25) is 10.1 Å². The first kappa shape index (κ1) is 20.7. The number of nitrogens with zero attached hydrogens (tertiary/aromatic N) is 5. The number of aromatic nitrogens is 4. The van der Waals surface area contributed by atoms with E-state index in [1.165, 1.54) is 20.3 Å². The smallest absolute Gasteiger partial charge is 0.479 e. The average molecular weight is 423 g/mol. The summed E-state index contributed by atoms with van der Waals surface area (Å²) in [7, 11) is 2.48. The fraction of sp³-hybridized carbons (Fsp3) is 0.176. The molecule has 156 valence electrons. The normalized spacial score (nSPS) is 11.2. The molecule has 10 nitrogen and oxygen atoms in total. The molecule has 2 heterocycles. The van der Waals surface area contributed by atoms with Crippen molar-refractivity contribution in [2.45, 2.75) is 6.18 Å². The van der Waals surface area contributed by atoms with Gasteiger partial charge >= 0.3 is 17.6 Å². The number of rotatable bonds is 5. The standard InChI is InChI=1S/C17H12F3N5O5/c1-29-12-7-9(6-11(25(27)28)13(12)30-2)15-21-8-22-16(23-15)10-4-3-5-24(26)14(10)17(18,19)20/h3-8H,1-2H3. The zero-order valence-corrected chi connectivity index (χ0v) is 15.4. The Hall–Kier alpha value is -4.03. The Morgan fingerprint density at radius 1 is 1.13 bits per heavy atom. The Morgan fingerprint density at radius 2 is 1.83 bits per heavy atom. The van der Waals surface area contributed by atoms with E-state index >= 15 is 0 Å². The van der Waals surface area contributed by atoms with Crippen LogP contribution in [0, 0.1) is 15.3 Å². The van der Waals surface area contributed by atoms with Crippen molar-refractivity contribution >= 4 is 5.69 Å². The van der Waals surface area contributed by atoms with E-state index in [0.717, 1.165) is 24.5 Å². The van der Waals surface area contributed by atoms with Crippen LogP contribution in [0.1, 0.15) is 5.69 Å². The summed E-state index contributed by atoms with van der Waals surface area (Å²) in [6.45, 7) is 0. The number of halogens is 3. The Labute approximate surface area is 166 Å². The second-order valence-electron chi connectivity index (χ2n) is 5.71. The number of nitro benzene ring substituents is 1. The van der Waals surface area contributed by atoms with Crippen LogP contribution in [0.15, 0.2) is 36.8 Å². The van der Waals surface area contributed by atoms with Gasteiger partial charge in [0.1, 0.15) is 6.33 Å². The van der Waals surface area contributed by atoms with Gasteiger partial charge in [0, 0.05) is 17.7 Å². The number of hydrogen-bond donors (Lipinski definition) is 0. The molecule has 0 radical (unpaired) electrons. The molecule has 13 heteroatoms. The van der Waals surface area contributed by atoms with Gasteiger partial charge in [-0.1, -0.05) is 0 Å². The summed E-state index contributed by atoms with van der Waals surface area (Å²) in [5.74, 6) is -0.750. The summed E-state index contributed by atoms with van der Waals surface area (Å²) in [4.78, 5) is 22.2. The summed E-state index contributed by atoms with van der Waals surface area (Å²) in [6, 6.07) is 4.56. The van der Waals surface area contributed by atoms with Crippen molar-refractivity contribution in [2.24, 2.45) is 0 Å². The predicted octanol–water partition coefficient (Wildman–Crippen LogP) is 2.78. The second kappa shape index (κ2) is 7.77. The van der Waals surface area contributed by atoms with Crippen LogP contribution in [0.3, 0.4) is 0 Å². The van der Waals surface area contributed by atoms with Crippen molar-refractivity contribution in [3.8, 4) is 34.3 Å². The maximum atomic E-state index is 13.3. The lowest BCUT2D eigenvalue weighted by Gasteiger charge is -2.12. The maximum Gasteiger partial charge on any atom is 0.479 e. The molecule has 0 aliphatic rings. The van der Waals surface area contributed by atoms with Crippen molar-refractivity contribution in [3.05, 3.63) is 57.8 Å². The van der Waals surface area contributed by atoms with E-state index in [9.17, 15) is 28.5 Å². The van der Waals surface area contributed by atoms with Crippen LogP contribution in [0.4, 0.5) is 18.9 Å². The van der Waals surface area contributed by atoms with E-state index in [-0.39, 0.29) is 27.6 Å². The van der Waals surface area contributed by atoms with E-state index in [2.05, 4.69) is 15.0 Å². The molecule has 3 rings (SSSR count). The van der Waals surface area contributed by atoms with Gasteiger partial charge in [-0.15, -0.1) is 0 Å². The summed E-state index contributed by atoms with van der Waals surface area (Å²) in [5.41, 5.74) is -2.46. The fourth-order valence-corrected chi connectivity index (χ4v) is 2.72. The molecule has 1 aromatic carbocycles. The molecule has 0 aliphatic heterocycles. The molecule has 0 atom stereocenters. The number of hydrogen-bond acceptors (Lipinski definition) is 8. The lowest BCUT2D eigenvalue weighted by Crippen LogP contribution is -2.37. The van der Waals surface area contributed by atoms with Crippen molar-refractivity contribution < 1.29 is 32.3 Å². The van der Waals surface area contributed by atoms with E-state index in [1.54, 1.807) is 0 Å². The molecular formula is C17H12F3N5O5. The monoisotopic (exact) mass is 423 g/mol. The summed E-state index contributed by atoms with van der Waals surface area (Å²) < 4.78 is 49.8. The van der Waals surface area contributed by atoms with Crippen LogP contribution in [-0.4, -0.2) is 34.1 Å². The second-order valence-corrected chi connectivity index (χ2v) is 5.71. The van der Waals surface area contributed by atoms with Crippen LogP contribution in [0.25, 0.3) is 22.8 Å². The van der Waals surface area contributed by atoms with E-state index in [0.29, 0.717) is 6.20 Å². The largest absolute Gasteiger partial charge is 0.618 e. The molecule has 0 bridgehead atoms. The van der Waals surface area contributed by atoms with Gasteiger partial charge in [-0.05, 0) is 12.1 Å². The average Bonchev–Trinajstić information content (AvgIpc) is 2.71. The van der Waals surface area contributed by atoms with Crippen LogP contribution in [0.5, 0.6) is 11.5 Å². The molecule has 0 unspecified atom stereocenters. The van der Waals surface area contributed by atoms with Gasteiger partial charge in [-0.25, -0.2) is 15.0 Å². The lowest BCUT2D eigenvalue weighted by molar-refractivity contribution is -0.628. The summed E-state index contributed by atoms with van der Waals surface area (Å²) in [5, 5.41) is 23.1. The number of pyridine rings is 1. The Kier molecular flexibility index (Phi) is 5.36. The van der Waals surface area contributed by atoms with Gasteiger partial charge in [-0.2, -0.15) is 17.9 Å². The maximum absolute atomic E-state index is 13.3. The topological polar surface area (TPSA) is 127 Å². The molecule has 30 heavy (non-hydrogen) atoms. The lowest BCUT2D eigenvalue weighted by atomic mass is 10.1. The zero-order valence-electron chi connectivity index (χ0n) is 15.4.